The number of aromatic amines is 1. The Bertz CT molecular complexity index is 4060. The van der Waals surface area contributed by atoms with Crippen molar-refractivity contribution in [2.75, 3.05) is 22.1 Å². The monoisotopic (exact) mass is 1260 g/mol. The number of fused-ring (bicyclic) bond motifs is 6. The minimum absolute atomic E-state index is 0.240. The Morgan fingerprint density at radius 1 is 0.628 bits per heavy atom. The molecule has 5 N–H and O–H groups in total. The second-order valence-electron chi connectivity index (χ2n) is 18.7. The number of thiazole rings is 4. The van der Waals surface area contributed by atoms with Crippen LogP contribution in [0.3, 0.4) is 0 Å². The number of carbonyl (C=O) groups is 2. The fourth-order valence-corrected chi connectivity index (χ4v) is 13.5. The number of nitrogens with two attached hydrogens (primary N) is 1. The molecular weight excluding hydrogens is 1200 g/mol. The van der Waals surface area contributed by atoms with Crippen molar-refractivity contribution in [3.63, 3.8) is 0 Å². The van der Waals surface area contributed by atoms with Crippen LogP contribution in [-0.4, -0.2) is 43.6 Å². The molecule has 0 aliphatic carbocycles. The standard InChI is InChI=1S/C19H18N2O2S.C17H15N3O2S.C8H6BrNS.C8H7NS2.C7H8BrN/c1-3-23-18(22)14-6-4-5-13-10-21(11-15(13)14)19-20-16-9-12(2)7-8-17(16)24-19;1-10-5-6-15-14(7-10)18-17(23-15)20-8-11-3-2-4-12(13(11)9-20)16(21)19-22;1-5-2-3-7-6(4-5)10-8(9)11-7;1-5-2-3-7-6(4-5)9-8(10)11-7;1-5-2-3-6(8)7(9)4-5/h4-9H,3,10-11H2,1-2H3;2-7,22H,8-9H2,1H3,(H,19,21);2-4H,1H3;2-4H,1H3,(H,9,10);2-4H,9H2,1H3. The first-order valence-corrected chi connectivity index (χ1v) is 30.0. The summed E-state index contributed by atoms with van der Waals surface area (Å²) < 4.78 is 12.8. The average molecular weight is 1260 g/mol. The fraction of sp³-hybridized carbons (Fsp3) is 0.186. The van der Waals surface area contributed by atoms with E-state index < -0.39 is 5.91 Å². The van der Waals surface area contributed by atoms with Crippen LogP contribution < -0.4 is 21.0 Å². The van der Waals surface area contributed by atoms with Gasteiger partial charge in [0.15, 0.2) is 18.1 Å². The molecule has 0 atom stereocenters. The van der Waals surface area contributed by atoms with Crippen molar-refractivity contribution < 1.29 is 19.5 Å². The average Bonchev–Trinajstić information content (AvgIpc) is 4.40. The molecule has 11 aromatic rings. The van der Waals surface area contributed by atoms with E-state index in [-0.39, 0.29) is 5.97 Å². The number of esters is 1. The highest BCUT2D eigenvalue weighted by atomic mass is 79.9. The van der Waals surface area contributed by atoms with Gasteiger partial charge in [-0.2, -0.15) is 0 Å². The molecule has 12 nitrogen and oxygen atoms in total. The maximum Gasteiger partial charge on any atom is 0.338 e. The van der Waals surface area contributed by atoms with Gasteiger partial charge in [-0.3, -0.25) is 10.0 Å². The first-order valence-electron chi connectivity index (χ1n) is 24.7. The van der Waals surface area contributed by atoms with Gasteiger partial charge >= 0.3 is 5.97 Å². The smallest absolute Gasteiger partial charge is 0.338 e. The first kappa shape index (κ1) is 56.3. The molecule has 0 radical (unpaired) electrons. The summed E-state index contributed by atoms with van der Waals surface area (Å²) in [7, 11) is 0. The third kappa shape index (κ3) is 13.5. The largest absolute Gasteiger partial charge is 0.462 e. The Labute approximate surface area is 489 Å². The van der Waals surface area contributed by atoms with Gasteiger partial charge in [-0.1, -0.05) is 77.3 Å². The lowest BCUT2D eigenvalue weighted by Gasteiger charge is -2.13. The number of nitrogen functional groups attached to an aromatic ring is 1. The Hall–Kier alpha value is -6.42. The highest BCUT2D eigenvalue weighted by Crippen LogP contribution is 2.38. The van der Waals surface area contributed by atoms with Crippen LogP contribution in [0.1, 0.15) is 77.7 Å². The summed E-state index contributed by atoms with van der Waals surface area (Å²) in [6.07, 6.45) is 0. The third-order valence-corrected chi connectivity index (χ3v) is 18.3. The summed E-state index contributed by atoms with van der Waals surface area (Å²) in [4.78, 5) is 45.3. The summed E-state index contributed by atoms with van der Waals surface area (Å²) >= 11 is 18.3. The number of hydrogen-bond acceptors (Lipinski definition) is 15. The number of benzene rings is 7. The number of carbonyl (C=O) groups excluding carboxylic acids is 2. The topological polar surface area (TPSA) is 163 Å². The fourth-order valence-electron chi connectivity index (χ4n) is 8.85. The molecule has 78 heavy (non-hydrogen) atoms. The molecule has 0 saturated heterocycles. The second kappa shape index (κ2) is 25.1. The van der Waals surface area contributed by atoms with Gasteiger partial charge in [0.05, 0.1) is 53.0 Å². The maximum atomic E-state index is 12.2. The number of amides is 1. The molecule has 7 aromatic carbocycles. The van der Waals surface area contributed by atoms with Crippen molar-refractivity contribution in [1.29, 1.82) is 0 Å². The van der Waals surface area contributed by atoms with Crippen molar-refractivity contribution >= 4 is 158 Å². The van der Waals surface area contributed by atoms with Crippen LogP contribution in [0.25, 0.3) is 40.9 Å². The number of aromatic nitrogens is 4. The van der Waals surface area contributed by atoms with E-state index in [1.54, 1.807) is 56.9 Å². The number of halogens is 2. The number of aryl methyl sites for hydroxylation is 5. The van der Waals surface area contributed by atoms with Gasteiger partial charge in [0.2, 0.25) is 0 Å². The number of H-pyrrole nitrogens is 1. The molecule has 1 amide bonds. The van der Waals surface area contributed by atoms with Crippen molar-refractivity contribution in [2.24, 2.45) is 0 Å². The van der Waals surface area contributed by atoms with Crippen molar-refractivity contribution in [3.05, 3.63) is 201 Å². The Balaban J connectivity index is 0.000000126. The van der Waals surface area contributed by atoms with Crippen LogP contribution in [0.2, 0.25) is 0 Å². The van der Waals surface area contributed by atoms with Crippen LogP contribution in [0, 0.1) is 38.6 Å². The molecule has 0 fully saturated rings. The molecule has 0 unspecified atom stereocenters. The zero-order valence-corrected chi connectivity index (χ0v) is 50.7. The zero-order valence-electron chi connectivity index (χ0n) is 43.4. The van der Waals surface area contributed by atoms with E-state index in [0.717, 1.165) is 84.8 Å². The van der Waals surface area contributed by atoms with Crippen LogP contribution >= 0.6 is 89.4 Å². The van der Waals surface area contributed by atoms with E-state index in [1.807, 2.05) is 56.3 Å². The lowest BCUT2D eigenvalue weighted by atomic mass is 10.0. The molecule has 2 aliphatic rings. The summed E-state index contributed by atoms with van der Waals surface area (Å²) in [5.41, 5.74) is 24.0. The zero-order chi connectivity index (χ0) is 55.2. The van der Waals surface area contributed by atoms with Gasteiger partial charge in [0.1, 0.15) is 0 Å². The summed E-state index contributed by atoms with van der Waals surface area (Å²) in [5, 5.41) is 10.9. The molecule has 0 saturated carbocycles. The molecule has 398 valence electrons. The number of anilines is 3. The minimum Gasteiger partial charge on any atom is -0.462 e. The molecule has 0 bridgehead atoms. The van der Waals surface area contributed by atoms with Gasteiger partial charge in [-0.25, -0.2) is 25.2 Å². The van der Waals surface area contributed by atoms with E-state index in [0.29, 0.717) is 30.8 Å². The lowest BCUT2D eigenvalue weighted by Crippen LogP contribution is -2.21. The molecule has 13 rings (SSSR count). The molecule has 0 spiro atoms. The lowest BCUT2D eigenvalue weighted by molar-refractivity contribution is 0.0525. The first-order chi connectivity index (χ1) is 37.5. The van der Waals surface area contributed by atoms with Crippen LogP contribution in [0.4, 0.5) is 16.0 Å². The normalized spacial score (nSPS) is 12.2. The number of hydroxylamine groups is 1. The Morgan fingerprint density at radius 2 is 1.10 bits per heavy atom. The number of hydrogen-bond donors (Lipinski definition) is 4. The van der Waals surface area contributed by atoms with Gasteiger partial charge in [0, 0.05) is 41.9 Å². The summed E-state index contributed by atoms with van der Waals surface area (Å²) in [6, 6.07) is 42.6. The van der Waals surface area contributed by atoms with E-state index >= 15 is 0 Å². The summed E-state index contributed by atoms with van der Waals surface area (Å²) in [5.74, 6) is -0.709. The van der Waals surface area contributed by atoms with E-state index in [1.165, 1.54) is 47.5 Å². The van der Waals surface area contributed by atoms with E-state index in [4.69, 9.17) is 37.9 Å². The second-order valence-corrected chi connectivity index (χ2v) is 25.6. The summed E-state index contributed by atoms with van der Waals surface area (Å²) in [6.45, 7) is 15.4. The number of rotatable bonds is 5. The van der Waals surface area contributed by atoms with Crippen molar-refractivity contribution in [3.8, 4) is 0 Å². The van der Waals surface area contributed by atoms with Crippen LogP contribution in [-0.2, 0) is 30.9 Å². The Morgan fingerprint density at radius 3 is 1.63 bits per heavy atom. The van der Waals surface area contributed by atoms with Gasteiger partial charge < -0.3 is 25.3 Å². The van der Waals surface area contributed by atoms with E-state index in [2.05, 4.69) is 158 Å². The third-order valence-electron chi connectivity index (χ3n) is 12.7. The molecule has 19 heteroatoms. The maximum absolute atomic E-state index is 12.2. The van der Waals surface area contributed by atoms with Gasteiger partial charge in [-0.15, -0.1) is 22.7 Å². The SMILES string of the molecule is CCOC(=O)c1cccc2c1CN(c1nc3cc(C)ccc3s1)C2.Cc1ccc(Br)c(N)c1.Cc1ccc2sc(=S)[nH]c2c1.Cc1ccc2sc(Br)nc2c1.Cc1ccc2sc(N3Cc4cccc(C(=O)NO)c4C3)nc2c1. The number of nitrogens with one attached hydrogen (secondary N) is 2. The molecule has 6 heterocycles. The Kier molecular flexibility index (Phi) is 18.1. The quantitative estimate of drug-likeness (QED) is 0.0427. The predicted octanol–water partition coefficient (Wildman–Crippen LogP) is 16.5. The molecular formula is C59H54Br2N8O4S5. The van der Waals surface area contributed by atoms with Crippen molar-refractivity contribution in [2.45, 2.75) is 67.7 Å². The predicted molar refractivity (Wildman–Crippen MR) is 334 cm³/mol. The highest BCUT2D eigenvalue weighted by molar-refractivity contribution is 9.11. The number of nitrogens with zero attached hydrogens (tertiary/aromatic N) is 5. The van der Waals surface area contributed by atoms with Crippen LogP contribution in [0.5, 0.6) is 0 Å². The van der Waals surface area contributed by atoms with Crippen LogP contribution in [0.15, 0.2) is 136 Å². The van der Waals surface area contributed by atoms with E-state index in [9.17, 15) is 9.59 Å². The minimum atomic E-state index is -0.469. The number of ether oxygens (including phenoxy) is 1. The van der Waals surface area contributed by atoms with Gasteiger partial charge in [-0.05, 0) is 208 Å². The molecule has 2 aliphatic heterocycles. The highest BCUT2D eigenvalue weighted by Gasteiger charge is 2.28. The molecule has 4 aromatic heterocycles. The van der Waals surface area contributed by atoms with Gasteiger partial charge in [0.25, 0.3) is 5.91 Å². The van der Waals surface area contributed by atoms with Crippen molar-refractivity contribution in [1.82, 2.24) is 25.4 Å².